The third-order valence-electron chi connectivity index (χ3n) is 5.41. The summed E-state index contributed by atoms with van der Waals surface area (Å²) in [6, 6.07) is 5.61. The van der Waals surface area contributed by atoms with E-state index in [1.54, 1.807) is 6.07 Å². The van der Waals surface area contributed by atoms with Crippen LogP contribution in [0.3, 0.4) is 0 Å². The third-order valence-corrected chi connectivity index (χ3v) is 5.62. The predicted molar refractivity (Wildman–Crippen MR) is 87.3 cm³/mol. The molecule has 4 heteroatoms. The van der Waals surface area contributed by atoms with Crippen LogP contribution >= 0.6 is 11.6 Å². The molecule has 1 aromatic heterocycles. The number of ether oxygens (including phenoxy) is 1. The molecular formula is C18H22ClNO2. The number of fused-ring (bicyclic) bond motifs is 1. The van der Waals surface area contributed by atoms with Crippen LogP contribution in [0.4, 0.5) is 0 Å². The molecule has 0 N–H and O–H groups in total. The molecular weight excluding hydrogens is 298 g/mol. The van der Waals surface area contributed by atoms with Gasteiger partial charge >= 0.3 is 5.97 Å². The Morgan fingerprint density at radius 3 is 2.82 bits per heavy atom. The summed E-state index contributed by atoms with van der Waals surface area (Å²) in [6.45, 7) is 6.52. The molecule has 0 spiro atoms. The van der Waals surface area contributed by atoms with Crippen molar-refractivity contribution in [3.05, 3.63) is 35.1 Å². The van der Waals surface area contributed by atoms with Gasteiger partial charge in [-0.3, -0.25) is 4.79 Å². The van der Waals surface area contributed by atoms with Crippen LogP contribution in [0, 0.1) is 29.6 Å². The smallest absolute Gasteiger partial charge is 0.309 e. The molecule has 118 valence electrons. The molecule has 1 saturated carbocycles. The first-order valence-electron chi connectivity index (χ1n) is 7.98. The van der Waals surface area contributed by atoms with E-state index in [9.17, 15) is 4.79 Å². The highest BCUT2D eigenvalue weighted by Gasteiger charge is 2.51. The zero-order valence-corrected chi connectivity index (χ0v) is 14.0. The molecule has 0 radical (unpaired) electrons. The predicted octanol–water partition coefficient (Wildman–Crippen LogP) is 4.22. The fourth-order valence-corrected chi connectivity index (χ4v) is 4.21. The topological polar surface area (TPSA) is 39.2 Å². The van der Waals surface area contributed by atoms with Gasteiger partial charge in [0.1, 0.15) is 11.3 Å². The summed E-state index contributed by atoms with van der Waals surface area (Å²) in [5.74, 6) is 1.67. The number of rotatable bonds is 2. The minimum absolute atomic E-state index is 0.00517. The number of carbonyl (C=O) groups excluding carboxylic acids is 1. The molecule has 0 bridgehead atoms. The number of halogens is 1. The van der Waals surface area contributed by atoms with Gasteiger partial charge in [0, 0.05) is 5.92 Å². The summed E-state index contributed by atoms with van der Waals surface area (Å²) >= 11 is 5.94. The van der Waals surface area contributed by atoms with Crippen LogP contribution < -0.4 is 0 Å². The number of hydrogen-bond donors (Lipinski definition) is 0. The van der Waals surface area contributed by atoms with Crippen molar-refractivity contribution >= 4 is 23.6 Å². The van der Waals surface area contributed by atoms with E-state index in [1.807, 2.05) is 25.1 Å². The molecule has 6 atom stereocenters. The Bertz CT molecular complexity index is 601. The van der Waals surface area contributed by atoms with Crippen LogP contribution in [-0.2, 0) is 9.53 Å². The minimum Gasteiger partial charge on any atom is -0.462 e. The Hall–Kier alpha value is -1.35. The number of esters is 1. The fourth-order valence-electron chi connectivity index (χ4n) is 4.04. The van der Waals surface area contributed by atoms with Gasteiger partial charge in [-0.1, -0.05) is 37.6 Å². The van der Waals surface area contributed by atoms with Crippen molar-refractivity contribution < 1.29 is 9.53 Å². The SMILES string of the molecule is CC1CC2C(=O)O[C@@H](C)C2C(/C=C/c2cccc(Cl)n2)C1C. The maximum absolute atomic E-state index is 12.1. The van der Waals surface area contributed by atoms with Crippen molar-refractivity contribution in [1.82, 2.24) is 4.98 Å². The van der Waals surface area contributed by atoms with Crippen molar-refractivity contribution in [3.8, 4) is 0 Å². The van der Waals surface area contributed by atoms with Gasteiger partial charge in [0.15, 0.2) is 0 Å². The monoisotopic (exact) mass is 319 g/mol. The first kappa shape index (κ1) is 15.5. The van der Waals surface area contributed by atoms with Crippen molar-refractivity contribution in [2.45, 2.75) is 33.3 Å². The number of pyridine rings is 1. The second-order valence-electron chi connectivity index (χ2n) is 6.72. The van der Waals surface area contributed by atoms with Crippen LogP contribution in [0.5, 0.6) is 0 Å². The lowest BCUT2D eigenvalue weighted by atomic mass is 9.62. The van der Waals surface area contributed by atoms with Crippen molar-refractivity contribution in [2.75, 3.05) is 0 Å². The van der Waals surface area contributed by atoms with Gasteiger partial charge in [-0.15, -0.1) is 0 Å². The highest BCUT2D eigenvalue weighted by atomic mass is 35.5. The lowest BCUT2D eigenvalue weighted by Gasteiger charge is -2.40. The normalized spacial score (nSPS) is 38.1. The number of carbonyl (C=O) groups is 1. The average molecular weight is 320 g/mol. The van der Waals surface area contributed by atoms with Crippen LogP contribution in [0.1, 0.15) is 32.9 Å². The third kappa shape index (κ3) is 2.79. The molecule has 2 heterocycles. The highest BCUT2D eigenvalue weighted by molar-refractivity contribution is 6.29. The van der Waals surface area contributed by atoms with Crippen molar-refractivity contribution in [1.29, 1.82) is 0 Å². The molecule has 3 rings (SSSR count). The number of nitrogens with zero attached hydrogens (tertiary/aromatic N) is 1. The number of cyclic esters (lactones) is 1. The van der Waals surface area contributed by atoms with E-state index in [0.717, 1.165) is 12.1 Å². The van der Waals surface area contributed by atoms with E-state index in [0.29, 0.717) is 22.9 Å². The summed E-state index contributed by atoms with van der Waals surface area (Å²) in [5.41, 5.74) is 0.854. The van der Waals surface area contributed by atoms with Gasteiger partial charge in [0.2, 0.25) is 0 Å². The molecule has 5 unspecified atom stereocenters. The van der Waals surface area contributed by atoms with Crippen LogP contribution in [0.15, 0.2) is 24.3 Å². The molecule has 0 aromatic carbocycles. The Balaban J connectivity index is 1.87. The molecule has 0 amide bonds. The number of allylic oxidation sites excluding steroid dienone is 1. The maximum atomic E-state index is 12.1. The van der Waals surface area contributed by atoms with Gasteiger partial charge in [-0.05, 0) is 49.3 Å². The van der Waals surface area contributed by atoms with Gasteiger partial charge in [0.25, 0.3) is 0 Å². The lowest BCUT2D eigenvalue weighted by molar-refractivity contribution is -0.144. The minimum atomic E-state index is -0.0180. The molecule has 1 aliphatic heterocycles. The Morgan fingerprint density at radius 2 is 2.09 bits per heavy atom. The second-order valence-corrected chi connectivity index (χ2v) is 7.11. The molecule has 1 aliphatic carbocycles. The zero-order valence-electron chi connectivity index (χ0n) is 13.2. The highest BCUT2D eigenvalue weighted by Crippen LogP contribution is 2.48. The van der Waals surface area contributed by atoms with E-state index in [1.165, 1.54) is 0 Å². The summed E-state index contributed by atoms with van der Waals surface area (Å²) in [5, 5.41) is 0.498. The standard InChI is InChI=1S/C18H22ClNO2/c1-10-9-15-17(12(3)22-18(15)21)14(11(10)2)8-7-13-5-4-6-16(19)20-13/h4-8,10-12,14-15,17H,9H2,1-3H3/b8-7+/t10?,11?,12-,14?,15?,17?/m0/s1. The Kier molecular flexibility index (Phi) is 4.26. The van der Waals surface area contributed by atoms with Gasteiger partial charge < -0.3 is 4.74 Å². The summed E-state index contributed by atoms with van der Waals surface area (Å²) < 4.78 is 5.50. The average Bonchev–Trinajstić information content (AvgIpc) is 2.74. The first-order valence-corrected chi connectivity index (χ1v) is 8.36. The molecule has 2 aliphatic rings. The van der Waals surface area contributed by atoms with Crippen molar-refractivity contribution in [2.24, 2.45) is 29.6 Å². The molecule has 3 nitrogen and oxygen atoms in total. The first-order chi connectivity index (χ1) is 10.5. The van der Waals surface area contributed by atoms with Crippen LogP contribution in [-0.4, -0.2) is 17.1 Å². The quantitative estimate of drug-likeness (QED) is 0.605. The number of hydrogen-bond acceptors (Lipinski definition) is 3. The van der Waals surface area contributed by atoms with Crippen LogP contribution in [0.2, 0.25) is 5.15 Å². The molecule has 2 fully saturated rings. The molecule has 1 aromatic rings. The maximum Gasteiger partial charge on any atom is 0.309 e. The zero-order chi connectivity index (χ0) is 15.9. The fraction of sp³-hybridized carbons (Fsp3) is 0.556. The van der Waals surface area contributed by atoms with E-state index >= 15 is 0 Å². The summed E-state index contributed by atoms with van der Waals surface area (Å²) in [6.07, 6.45) is 5.16. The number of aromatic nitrogens is 1. The second kappa shape index (κ2) is 6.04. The van der Waals surface area contributed by atoms with E-state index in [-0.39, 0.29) is 23.9 Å². The van der Waals surface area contributed by atoms with E-state index < -0.39 is 0 Å². The van der Waals surface area contributed by atoms with Gasteiger partial charge in [0.05, 0.1) is 11.6 Å². The van der Waals surface area contributed by atoms with Gasteiger partial charge in [-0.2, -0.15) is 0 Å². The Labute approximate surface area is 136 Å². The molecule has 1 saturated heterocycles. The largest absolute Gasteiger partial charge is 0.462 e. The van der Waals surface area contributed by atoms with Gasteiger partial charge in [-0.25, -0.2) is 4.98 Å². The van der Waals surface area contributed by atoms with E-state index in [4.69, 9.17) is 16.3 Å². The summed E-state index contributed by atoms with van der Waals surface area (Å²) in [7, 11) is 0. The lowest BCUT2D eigenvalue weighted by Crippen LogP contribution is -2.39. The van der Waals surface area contributed by atoms with Crippen molar-refractivity contribution in [3.63, 3.8) is 0 Å². The Morgan fingerprint density at radius 1 is 1.32 bits per heavy atom. The summed E-state index contributed by atoms with van der Waals surface area (Å²) in [4.78, 5) is 16.4. The van der Waals surface area contributed by atoms with Crippen LogP contribution in [0.25, 0.3) is 6.08 Å². The van der Waals surface area contributed by atoms with E-state index in [2.05, 4.69) is 24.9 Å². The molecule has 22 heavy (non-hydrogen) atoms.